The molecule has 2 atom stereocenters. The van der Waals surface area contributed by atoms with Gasteiger partial charge in [-0.05, 0) is 69.1 Å². The van der Waals surface area contributed by atoms with Crippen LogP contribution in [0.3, 0.4) is 0 Å². The first-order valence-electron chi connectivity index (χ1n) is 10.0. The zero-order chi connectivity index (χ0) is 19.2. The predicted octanol–water partition coefficient (Wildman–Crippen LogP) is 3.63. The van der Waals surface area contributed by atoms with Gasteiger partial charge in [-0.2, -0.15) is 0 Å². The van der Waals surface area contributed by atoms with Crippen LogP contribution in [0.5, 0.6) is 11.5 Å². The van der Waals surface area contributed by atoms with E-state index in [0.29, 0.717) is 0 Å². The summed E-state index contributed by atoms with van der Waals surface area (Å²) in [5, 5.41) is 2.42. The monoisotopic (exact) mass is 364 g/mol. The van der Waals surface area contributed by atoms with Crippen molar-refractivity contribution in [3.8, 4) is 11.5 Å². The van der Waals surface area contributed by atoms with E-state index in [2.05, 4.69) is 45.1 Å². The fourth-order valence-corrected chi connectivity index (χ4v) is 4.34. The molecule has 148 valence electrons. The van der Waals surface area contributed by atoms with E-state index in [0.717, 1.165) is 48.9 Å². The molecule has 0 amide bonds. The largest absolute Gasteiger partial charge is 0.493 e. The van der Waals surface area contributed by atoms with Crippen LogP contribution in [0, 0.1) is 17.8 Å². The molecule has 4 nitrogen and oxygen atoms in total. The van der Waals surface area contributed by atoms with Gasteiger partial charge in [0.05, 0.1) is 26.4 Å². The van der Waals surface area contributed by atoms with Crippen molar-refractivity contribution >= 4 is 0 Å². The summed E-state index contributed by atoms with van der Waals surface area (Å²) in [6.45, 7) is 12.3. The number of benzene rings is 1. The second-order valence-electron chi connectivity index (χ2n) is 8.53. The fraction of sp³-hybridized carbons (Fsp3) is 0.727. The van der Waals surface area contributed by atoms with Gasteiger partial charge in [0.1, 0.15) is 6.54 Å². The van der Waals surface area contributed by atoms with Gasteiger partial charge < -0.3 is 19.5 Å². The van der Waals surface area contributed by atoms with Crippen LogP contribution in [0.2, 0.25) is 0 Å². The maximum absolute atomic E-state index is 5.92. The predicted molar refractivity (Wildman–Crippen MR) is 106 cm³/mol. The number of hydrogen-bond donors (Lipinski definition) is 1. The molecule has 2 rings (SSSR count). The van der Waals surface area contributed by atoms with Crippen LogP contribution in [-0.4, -0.2) is 33.0 Å². The average Bonchev–Trinajstić information content (AvgIpc) is 2.60. The molecule has 0 saturated carbocycles. The summed E-state index contributed by atoms with van der Waals surface area (Å²) in [6, 6.07) is 6.19. The summed E-state index contributed by atoms with van der Waals surface area (Å²) in [7, 11) is 3.36. The molecule has 0 spiro atoms. The third-order valence-electron chi connectivity index (χ3n) is 5.73. The molecule has 4 heteroatoms. The molecule has 1 saturated heterocycles. The van der Waals surface area contributed by atoms with E-state index in [1.54, 1.807) is 14.2 Å². The highest BCUT2D eigenvalue weighted by molar-refractivity contribution is 5.42. The first kappa shape index (κ1) is 21.0. The number of hydrogen-bond acceptors (Lipinski definition) is 3. The van der Waals surface area contributed by atoms with Crippen molar-refractivity contribution in [2.45, 2.75) is 59.1 Å². The molecule has 0 unspecified atom stereocenters. The van der Waals surface area contributed by atoms with Crippen molar-refractivity contribution < 1.29 is 19.5 Å². The van der Waals surface area contributed by atoms with Crippen LogP contribution in [0.1, 0.15) is 52.5 Å². The van der Waals surface area contributed by atoms with E-state index >= 15 is 0 Å². The maximum Gasteiger partial charge on any atom is 0.161 e. The van der Waals surface area contributed by atoms with Crippen molar-refractivity contribution in [3.05, 3.63) is 23.8 Å². The van der Waals surface area contributed by atoms with Crippen LogP contribution in [0.25, 0.3) is 0 Å². The Balaban J connectivity index is 1.85. The highest BCUT2D eigenvalue weighted by atomic mass is 16.5. The first-order valence-corrected chi connectivity index (χ1v) is 10.0. The summed E-state index contributed by atoms with van der Waals surface area (Å²) >= 11 is 0. The van der Waals surface area contributed by atoms with Crippen molar-refractivity contribution in [1.82, 2.24) is 0 Å². The number of rotatable bonds is 9. The number of methoxy groups -OCH3 is 2. The number of nitrogens with two attached hydrogens (primary N) is 1. The van der Waals surface area contributed by atoms with Gasteiger partial charge in [-0.3, -0.25) is 0 Å². The minimum absolute atomic E-state index is 0.0411. The summed E-state index contributed by atoms with van der Waals surface area (Å²) in [6.07, 6.45) is 3.67. The Hall–Kier alpha value is -1.26. The second-order valence-corrected chi connectivity index (χ2v) is 8.53. The third-order valence-corrected chi connectivity index (χ3v) is 5.73. The van der Waals surface area contributed by atoms with Crippen LogP contribution in [0.4, 0.5) is 0 Å². The molecule has 1 fully saturated rings. The number of quaternary nitrogens is 1. The lowest BCUT2D eigenvalue weighted by Gasteiger charge is -2.40. The molecule has 26 heavy (non-hydrogen) atoms. The maximum atomic E-state index is 5.92. The molecule has 0 aromatic heterocycles. The lowest BCUT2D eigenvalue weighted by molar-refractivity contribution is -0.671. The zero-order valence-electron chi connectivity index (χ0n) is 17.5. The van der Waals surface area contributed by atoms with Crippen molar-refractivity contribution in [2.24, 2.45) is 17.8 Å². The Kier molecular flexibility index (Phi) is 7.78. The van der Waals surface area contributed by atoms with Crippen LogP contribution in [0.15, 0.2) is 18.2 Å². The quantitative estimate of drug-likeness (QED) is 0.681. The van der Waals surface area contributed by atoms with Gasteiger partial charge in [-0.25, -0.2) is 0 Å². The lowest BCUT2D eigenvalue weighted by atomic mass is 9.73. The highest BCUT2D eigenvalue weighted by Gasteiger charge is 2.34. The molecule has 1 aliphatic rings. The van der Waals surface area contributed by atoms with Gasteiger partial charge in [0.25, 0.3) is 0 Å². The Morgan fingerprint density at radius 1 is 1.19 bits per heavy atom. The van der Waals surface area contributed by atoms with E-state index in [9.17, 15) is 0 Å². The van der Waals surface area contributed by atoms with E-state index < -0.39 is 0 Å². The molecular weight excluding hydrogens is 326 g/mol. The van der Waals surface area contributed by atoms with Gasteiger partial charge in [-0.15, -0.1) is 0 Å². The number of ether oxygens (including phenoxy) is 3. The molecular formula is C22H38NO3+. The van der Waals surface area contributed by atoms with E-state index in [1.807, 2.05) is 6.07 Å². The molecule has 1 aromatic rings. The standard InChI is InChI=1S/C22H37NO3/c1-16(2)19(18-10-12-26-22(3,4)14-18)9-11-23-15-17-7-8-20(24-5)21(13-17)25-6/h7-8,13,16,18-19,23H,9-12,14-15H2,1-6H3/p+1/t18-,19+/m1/s1. The van der Waals surface area contributed by atoms with Gasteiger partial charge >= 0.3 is 0 Å². The summed E-state index contributed by atoms with van der Waals surface area (Å²) < 4.78 is 16.6. The minimum atomic E-state index is 0.0411. The van der Waals surface area contributed by atoms with Gasteiger partial charge in [0.15, 0.2) is 11.5 Å². The van der Waals surface area contributed by atoms with E-state index in [-0.39, 0.29) is 5.60 Å². The highest BCUT2D eigenvalue weighted by Crippen LogP contribution is 2.37. The normalized spacial score (nSPS) is 20.8. The van der Waals surface area contributed by atoms with E-state index in [4.69, 9.17) is 14.2 Å². The molecule has 0 bridgehead atoms. The average molecular weight is 365 g/mol. The lowest BCUT2D eigenvalue weighted by Crippen LogP contribution is -2.82. The molecule has 1 heterocycles. The van der Waals surface area contributed by atoms with Crippen LogP contribution < -0.4 is 14.8 Å². The second kappa shape index (κ2) is 9.61. The fourth-order valence-electron chi connectivity index (χ4n) is 4.34. The van der Waals surface area contributed by atoms with E-state index in [1.165, 1.54) is 24.8 Å². The molecule has 2 N–H and O–H groups in total. The van der Waals surface area contributed by atoms with Crippen molar-refractivity contribution in [3.63, 3.8) is 0 Å². The SMILES string of the molecule is COc1ccc(C[NH2+]CC[C@@H](C(C)C)[C@@H]2CCOC(C)(C)C2)cc1OC. The van der Waals surface area contributed by atoms with Crippen molar-refractivity contribution in [1.29, 1.82) is 0 Å². The third kappa shape index (κ3) is 5.88. The minimum Gasteiger partial charge on any atom is -0.493 e. The zero-order valence-corrected chi connectivity index (χ0v) is 17.5. The topological polar surface area (TPSA) is 44.3 Å². The Morgan fingerprint density at radius 3 is 2.54 bits per heavy atom. The van der Waals surface area contributed by atoms with Crippen LogP contribution in [-0.2, 0) is 11.3 Å². The van der Waals surface area contributed by atoms with Gasteiger partial charge in [0.2, 0.25) is 0 Å². The first-order chi connectivity index (χ1) is 12.4. The Bertz CT molecular complexity index is 556. The summed E-state index contributed by atoms with van der Waals surface area (Å²) in [5.41, 5.74) is 1.32. The molecule has 1 aliphatic heterocycles. The van der Waals surface area contributed by atoms with Gasteiger partial charge in [-0.1, -0.05) is 13.8 Å². The summed E-state index contributed by atoms with van der Waals surface area (Å²) in [4.78, 5) is 0. The molecule has 0 radical (unpaired) electrons. The Morgan fingerprint density at radius 2 is 1.92 bits per heavy atom. The van der Waals surface area contributed by atoms with Crippen LogP contribution >= 0.6 is 0 Å². The van der Waals surface area contributed by atoms with Crippen molar-refractivity contribution in [2.75, 3.05) is 27.4 Å². The smallest absolute Gasteiger partial charge is 0.161 e. The summed E-state index contributed by atoms with van der Waals surface area (Å²) in [5.74, 6) is 3.89. The van der Waals surface area contributed by atoms with Gasteiger partial charge in [0, 0.05) is 12.2 Å². The molecule has 0 aliphatic carbocycles. The Labute approximate surface area is 159 Å². The molecule has 1 aromatic carbocycles.